The van der Waals surface area contributed by atoms with Crippen LogP contribution in [-0.2, 0) is 0 Å². The first-order valence-corrected chi connectivity index (χ1v) is 7.79. The molecular formula is C15H15N5OS. The molecule has 1 aliphatic heterocycles. The zero-order chi connectivity index (χ0) is 15.4. The second-order valence-corrected chi connectivity index (χ2v) is 6.04. The van der Waals surface area contributed by atoms with Crippen LogP contribution in [0.1, 0.15) is 6.42 Å². The molecule has 0 bridgehead atoms. The highest BCUT2D eigenvalue weighted by Gasteiger charge is 2.26. The maximum absolute atomic E-state index is 12.2. The van der Waals surface area contributed by atoms with E-state index in [0.29, 0.717) is 18.2 Å². The first kappa shape index (κ1) is 14.4. The normalized spacial score (nSPS) is 17.0. The molecule has 112 valence electrons. The van der Waals surface area contributed by atoms with Gasteiger partial charge in [0.1, 0.15) is 0 Å². The van der Waals surface area contributed by atoms with Gasteiger partial charge in [-0.05, 0) is 12.0 Å². The lowest BCUT2D eigenvalue weighted by Gasteiger charge is -2.15. The molecule has 0 radical (unpaired) electrons. The number of carbonyl (C=O) groups is 1. The zero-order valence-electron chi connectivity index (χ0n) is 11.8. The molecule has 0 aliphatic carbocycles. The lowest BCUT2D eigenvalue weighted by Crippen LogP contribution is -2.36. The number of carbonyl (C=O) groups excluding carboxylic acids is 1. The van der Waals surface area contributed by atoms with Gasteiger partial charge in [-0.1, -0.05) is 41.7 Å². The summed E-state index contributed by atoms with van der Waals surface area (Å²) in [5.41, 5.74) is 1.08. The van der Waals surface area contributed by atoms with Gasteiger partial charge in [0.25, 0.3) is 0 Å². The van der Waals surface area contributed by atoms with E-state index in [1.807, 2.05) is 36.5 Å². The number of hydrogen-bond acceptors (Lipinski definition) is 5. The van der Waals surface area contributed by atoms with Crippen LogP contribution in [0.4, 0.5) is 9.93 Å². The van der Waals surface area contributed by atoms with Gasteiger partial charge >= 0.3 is 6.03 Å². The second-order valence-electron chi connectivity index (χ2n) is 5.01. The number of hydrogen-bond donors (Lipinski definition) is 2. The van der Waals surface area contributed by atoms with Crippen molar-refractivity contribution in [2.75, 3.05) is 18.4 Å². The number of benzene rings is 1. The number of nitrogens with zero attached hydrogens (tertiary/aromatic N) is 3. The third-order valence-electron chi connectivity index (χ3n) is 3.52. The third-order valence-corrected chi connectivity index (χ3v) is 4.48. The van der Waals surface area contributed by atoms with Crippen LogP contribution in [0.15, 0.2) is 36.5 Å². The summed E-state index contributed by atoms with van der Waals surface area (Å²) in [7, 11) is 0. The molecule has 1 fully saturated rings. The molecule has 3 rings (SSSR count). The SMILES string of the molecule is N#CN[C@H]1CCN(C(=O)Nc2ncc(-c3ccccc3)s2)C1. The average Bonchev–Trinajstić information content (AvgIpc) is 3.18. The summed E-state index contributed by atoms with van der Waals surface area (Å²) in [6.07, 6.45) is 4.47. The van der Waals surface area contributed by atoms with E-state index in [4.69, 9.17) is 5.26 Å². The van der Waals surface area contributed by atoms with Crippen LogP contribution in [-0.4, -0.2) is 35.0 Å². The van der Waals surface area contributed by atoms with Crippen LogP contribution >= 0.6 is 11.3 Å². The van der Waals surface area contributed by atoms with Crippen LogP contribution in [0, 0.1) is 11.5 Å². The Balaban J connectivity index is 1.61. The first-order valence-electron chi connectivity index (χ1n) is 6.98. The molecule has 1 aliphatic rings. The van der Waals surface area contributed by atoms with Crippen LogP contribution in [0.2, 0.25) is 0 Å². The maximum atomic E-state index is 12.2. The fourth-order valence-corrected chi connectivity index (χ4v) is 3.20. The summed E-state index contributed by atoms with van der Waals surface area (Å²) >= 11 is 1.45. The Morgan fingerprint density at radius 3 is 3.00 bits per heavy atom. The van der Waals surface area contributed by atoms with Crippen LogP contribution in [0.3, 0.4) is 0 Å². The maximum Gasteiger partial charge on any atom is 0.323 e. The summed E-state index contributed by atoms with van der Waals surface area (Å²) < 4.78 is 0. The van der Waals surface area contributed by atoms with E-state index in [1.165, 1.54) is 11.3 Å². The largest absolute Gasteiger partial charge is 0.323 e. The number of urea groups is 1. The van der Waals surface area contributed by atoms with Gasteiger partial charge in [-0.3, -0.25) is 5.32 Å². The van der Waals surface area contributed by atoms with Crippen molar-refractivity contribution in [3.63, 3.8) is 0 Å². The van der Waals surface area contributed by atoms with Crippen molar-refractivity contribution in [2.45, 2.75) is 12.5 Å². The Morgan fingerprint density at radius 2 is 2.23 bits per heavy atom. The average molecular weight is 313 g/mol. The van der Waals surface area contributed by atoms with Gasteiger partial charge in [0, 0.05) is 19.3 Å². The summed E-state index contributed by atoms with van der Waals surface area (Å²) in [6.45, 7) is 1.18. The van der Waals surface area contributed by atoms with Crippen LogP contribution in [0.25, 0.3) is 10.4 Å². The third kappa shape index (κ3) is 3.18. The van der Waals surface area contributed by atoms with Gasteiger partial charge in [0.05, 0.1) is 10.9 Å². The van der Waals surface area contributed by atoms with Crippen molar-refractivity contribution < 1.29 is 4.79 Å². The number of likely N-dealkylation sites (tertiary alicyclic amines) is 1. The van der Waals surface area contributed by atoms with E-state index >= 15 is 0 Å². The Hall–Kier alpha value is -2.59. The summed E-state index contributed by atoms with van der Waals surface area (Å²) in [4.78, 5) is 19.1. The van der Waals surface area contributed by atoms with Gasteiger partial charge < -0.3 is 10.2 Å². The minimum absolute atomic E-state index is 0.0481. The van der Waals surface area contributed by atoms with Gasteiger partial charge in [-0.2, -0.15) is 5.26 Å². The molecule has 1 saturated heterocycles. The first-order chi connectivity index (χ1) is 10.8. The molecule has 2 aromatic rings. The minimum atomic E-state index is -0.170. The van der Waals surface area contributed by atoms with Crippen molar-refractivity contribution in [1.29, 1.82) is 5.26 Å². The van der Waals surface area contributed by atoms with E-state index in [0.717, 1.165) is 16.9 Å². The van der Waals surface area contributed by atoms with Crippen molar-refractivity contribution in [1.82, 2.24) is 15.2 Å². The predicted octanol–water partition coefficient (Wildman–Crippen LogP) is 2.49. The van der Waals surface area contributed by atoms with Crippen molar-refractivity contribution >= 4 is 22.5 Å². The monoisotopic (exact) mass is 313 g/mol. The van der Waals surface area contributed by atoms with E-state index in [-0.39, 0.29) is 12.1 Å². The van der Waals surface area contributed by atoms with Crippen molar-refractivity contribution in [2.24, 2.45) is 0 Å². The highest BCUT2D eigenvalue weighted by molar-refractivity contribution is 7.19. The Labute approximate surface area is 132 Å². The predicted molar refractivity (Wildman–Crippen MR) is 85.3 cm³/mol. The summed E-state index contributed by atoms with van der Waals surface area (Å²) in [6, 6.07) is 9.81. The molecule has 6 nitrogen and oxygen atoms in total. The van der Waals surface area contributed by atoms with E-state index < -0.39 is 0 Å². The lowest BCUT2D eigenvalue weighted by molar-refractivity contribution is 0.221. The summed E-state index contributed by atoms with van der Waals surface area (Å²) in [5, 5.41) is 14.7. The Bertz CT molecular complexity index is 693. The molecule has 1 aromatic carbocycles. The molecule has 2 amide bonds. The fraction of sp³-hybridized carbons (Fsp3) is 0.267. The molecule has 1 aromatic heterocycles. The molecule has 7 heteroatoms. The van der Waals surface area contributed by atoms with E-state index in [9.17, 15) is 4.79 Å². The van der Waals surface area contributed by atoms with E-state index in [2.05, 4.69) is 15.6 Å². The van der Waals surface area contributed by atoms with Gasteiger partial charge in [0.2, 0.25) is 0 Å². The number of aromatic nitrogens is 1. The standard InChI is InChI=1S/C15H15N5OS/c16-10-18-12-6-7-20(9-12)15(21)19-14-17-8-13(22-14)11-4-2-1-3-5-11/h1-5,8,12,18H,6-7,9H2,(H,17,19,21)/t12-/m0/s1. The number of amides is 2. The molecular weight excluding hydrogens is 298 g/mol. The van der Waals surface area contributed by atoms with Gasteiger partial charge in [0.15, 0.2) is 11.3 Å². The molecule has 0 unspecified atom stereocenters. The van der Waals surface area contributed by atoms with E-state index in [1.54, 1.807) is 11.1 Å². The Morgan fingerprint density at radius 1 is 1.41 bits per heavy atom. The number of rotatable bonds is 3. The highest BCUT2D eigenvalue weighted by atomic mass is 32.1. The molecule has 0 spiro atoms. The molecule has 1 atom stereocenters. The Kier molecular flexibility index (Phi) is 4.21. The number of nitrogens with one attached hydrogen (secondary N) is 2. The minimum Gasteiger partial charge on any atom is -0.322 e. The molecule has 2 heterocycles. The van der Waals surface area contributed by atoms with Crippen molar-refractivity contribution in [3.8, 4) is 16.6 Å². The number of thiazole rings is 1. The highest BCUT2D eigenvalue weighted by Crippen LogP contribution is 2.28. The zero-order valence-corrected chi connectivity index (χ0v) is 12.6. The van der Waals surface area contributed by atoms with Gasteiger partial charge in [-0.15, -0.1) is 0 Å². The fourth-order valence-electron chi connectivity index (χ4n) is 2.39. The molecule has 22 heavy (non-hydrogen) atoms. The van der Waals surface area contributed by atoms with Crippen LogP contribution in [0.5, 0.6) is 0 Å². The smallest absolute Gasteiger partial charge is 0.322 e. The van der Waals surface area contributed by atoms with Crippen LogP contribution < -0.4 is 10.6 Å². The quantitative estimate of drug-likeness (QED) is 0.674. The number of nitriles is 1. The molecule has 0 saturated carbocycles. The van der Waals surface area contributed by atoms with Gasteiger partial charge in [-0.25, -0.2) is 9.78 Å². The molecule has 2 N–H and O–H groups in total. The second kappa shape index (κ2) is 6.45. The summed E-state index contributed by atoms with van der Waals surface area (Å²) in [5.74, 6) is 0. The van der Waals surface area contributed by atoms with Crippen molar-refractivity contribution in [3.05, 3.63) is 36.5 Å². The topological polar surface area (TPSA) is 81.0 Å². The number of anilines is 1. The lowest BCUT2D eigenvalue weighted by atomic mass is 10.2.